The largest absolute Gasteiger partial charge is 0.485 e. The summed E-state index contributed by atoms with van der Waals surface area (Å²) in [7, 11) is 0. The molecule has 1 N–H and O–H groups in total. The van der Waals surface area contributed by atoms with Gasteiger partial charge in [0.25, 0.3) is 0 Å². The van der Waals surface area contributed by atoms with Crippen molar-refractivity contribution in [1.29, 1.82) is 0 Å². The van der Waals surface area contributed by atoms with Crippen LogP contribution in [0, 0.1) is 0 Å². The van der Waals surface area contributed by atoms with Gasteiger partial charge in [-0.25, -0.2) is 0 Å². The summed E-state index contributed by atoms with van der Waals surface area (Å²) in [6, 6.07) is 7.66. The SMILES string of the molecule is CCCCCCC[C@]1(CO)COc2ccccc2O1. The van der Waals surface area contributed by atoms with Gasteiger partial charge in [0.15, 0.2) is 17.1 Å². The molecule has 0 fully saturated rings. The van der Waals surface area contributed by atoms with Crippen molar-refractivity contribution in [3.05, 3.63) is 24.3 Å². The van der Waals surface area contributed by atoms with Crippen molar-refractivity contribution in [1.82, 2.24) is 0 Å². The summed E-state index contributed by atoms with van der Waals surface area (Å²) in [5.74, 6) is 1.52. The van der Waals surface area contributed by atoms with Crippen molar-refractivity contribution in [3.8, 4) is 11.5 Å². The van der Waals surface area contributed by atoms with Crippen LogP contribution in [-0.2, 0) is 0 Å². The molecule has 1 aromatic carbocycles. The summed E-state index contributed by atoms with van der Waals surface area (Å²) in [6.45, 7) is 2.66. The van der Waals surface area contributed by atoms with Crippen molar-refractivity contribution >= 4 is 0 Å². The Hall–Kier alpha value is -1.22. The molecule has 106 valence electrons. The molecule has 0 radical (unpaired) electrons. The Balaban J connectivity index is 1.90. The third kappa shape index (κ3) is 3.63. The smallest absolute Gasteiger partial charge is 0.166 e. The van der Waals surface area contributed by atoms with E-state index in [-0.39, 0.29) is 6.61 Å². The molecule has 0 saturated heterocycles. The summed E-state index contributed by atoms with van der Waals surface area (Å²) in [5, 5.41) is 9.66. The minimum Gasteiger partial charge on any atom is -0.485 e. The Morgan fingerprint density at radius 1 is 1.11 bits per heavy atom. The molecule has 1 heterocycles. The van der Waals surface area contributed by atoms with E-state index in [1.54, 1.807) is 0 Å². The maximum absolute atomic E-state index is 9.66. The lowest BCUT2D eigenvalue weighted by atomic mass is 9.96. The van der Waals surface area contributed by atoms with Crippen LogP contribution >= 0.6 is 0 Å². The average molecular weight is 264 g/mol. The fourth-order valence-corrected chi connectivity index (χ4v) is 2.46. The maximum atomic E-state index is 9.66. The number of unbranched alkanes of at least 4 members (excludes halogenated alkanes) is 4. The van der Waals surface area contributed by atoms with Crippen molar-refractivity contribution in [2.24, 2.45) is 0 Å². The third-order valence-electron chi connectivity index (χ3n) is 3.69. The number of hydrogen-bond acceptors (Lipinski definition) is 3. The third-order valence-corrected chi connectivity index (χ3v) is 3.69. The van der Waals surface area contributed by atoms with Crippen molar-refractivity contribution < 1.29 is 14.6 Å². The Morgan fingerprint density at radius 3 is 2.58 bits per heavy atom. The second kappa shape index (κ2) is 6.80. The summed E-state index contributed by atoms with van der Waals surface area (Å²) in [4.78, 5) is 0. The molecule has 3 nitrogen and oxygen atoms in total. The molecule has 0 amide bonds. The fraction of sp³-hybridized carbons (Fsp3) is 0.625. The Labute approximate surface area is 115 Å². The summed E-state index contributed by atoms with van der Waals surface area (Å²) < 4.78 is 11.7. The van der Waals surface area contributed by atoms with Gasteiger partial charge in [-0.3, -0.25) is 0 Å². The molecule has 3 heteroatoms. The normalized spacial score (nSPS) is 21.4. The fourth-order valence-electron chi connectivity index (χ4n) is 2.46. The number of benzene rings is 1. The quantitative estimate of drug-likeness (QED) is 0.765. The van der Waals surface area contributed by atoms with Crippen LogP contribution in [0.3, 0.4) is 0 Å². The van der Waals surface area contributed by atoms with E-state index in [4.69, 9.17) is 9.47 Å². The van der Waals surface area contributed by atoms with E-state index in [1.165, 1.54) is 25.7 Å². The molecule has 0 unspecified atom stereocenters. The zero-order chi connectivity index (χ0) is 13.6. The highest BCUT2D eigenvalue weighted by Gasteiger charge is 2.36. The molecule has 0 bridgehead atoms. The van der Waals surface area contributed by atoms with Gasteiger partial charge in [-0.15, -0.1) is 0 Å². The molecular weight excluding hydrogens is 240 g/mol. The van der Waals surface area contributed by atoms with Gasteiger partial charge < -0.3 is 14.6 Å². The van der Waals surface area contributed by atoms with Gasteiger partial charge in [-0.1, -0.05) is 44.7 Å². The highest BCUT2D eigenvalue weighted by Crippen LogP contribution is 2.36. The van der Waals surface area contributed by atoms with Gasteiger partial charge in [0.1, 0.15) is 6.61 Å². The van der Waals surface area contributed by atoms with Crippen LogP contribution in [0.4, 0.5) is 0 Å². The first kappa shape index (κ1) is 14.2. The van der Waals surface area contributed by atoms with Gasteiger partial charge >= 0.3 is 0 Å². The minimum absolute atomic E-state index is 0.00904. The minimum atomic E-state index is -0.555. The second-order valence-electron chi connectivity index (χ2n) is 5.34. The Bertz CT molecular complexity index is 391. The van der Waals surface area contributed by atoms with Crippen molar-refractivity contribution in [2.45, 2.75) is 51.0 Å². The summed E-state index contributed by atoms with van der Waals surface area (Å²) in [5.41, 5.74) is -0.555. The highest BCUT2D eigenvalue weighted by atomic mass is 16.6. The first-order valence-electron chi connectivity index (χ1n) is 7.31. The first-order chi connectivity index (χ1) is 9.29. The van der Waals surface area contributed by atoms with Gasteiger partial charge in [-0.2, -0.15) is 0 Å². The Kier molecular flexibility index (Phi) is 5.08. The zero-order valence-electron chi connectivity index (χ0n) is 11.7. The zero-order valence-corrected chi connectivity index (χ0v) is 11.7. The van der Waals surface area contributed by atoms with E-state index >= 15 is 0 Å². The predicted molar refractivity (Wildman–Crippen MR) is 75.8 cm³/mol. The standard InChI is InChI=1S/C16H24O3/c1-2-3-4-5-8-11-16(12-17)13-18-14-9-6-7-10-15(14)19-16/h6-7,9-10,17H,2-5,8,11-13H2,1H3/t16-/m0/s1. The second-order valence-corrected chi connectivity index (χ2v) is 5.34. The van der Waals surface area contributed by atoms with E-state index in [9.17, 15) is 5.11 Å². The topological polar surface area (TPSA) is 38.7 Å². The number of aliphatic hydroxyl groups excluding tert-OH is 1. The van der Waals surface area contributed by atoms with Gasteiger partial charge in [0.2, 0.25) is 0 Å². The van der Waals surface area contributed by atoms with Gasteiger partial charge in [0.05, 0.1) is 6.61 Å². The van der Waals surface area contributed by atoms with Crippen LogP contribution in [0.15, 0.2) is 24.3 Å². The first-order valence-corrected chi connectivity index (χ1v) is 7.31. The summed E-state index contributed by atoms with van der Waals surface area (Å²) in [6.07, 6.45) is 6.91. The van der Waals surface area contributed by atoms with E-state index < -0.39 is 5.60 Å². The number of para-hydroxylation sites is 2. The predicted octanol–water partition coefficient (Wildman–Crippen LogP) is 3.55. The molecule has 1 aliphatic heterocycles. The number of aliphatic hydroxyl groups is 1. The molecular formula is C16H24O3. The van der Waals surface area contributed by atoms with Crippen molar-refractivity contribution in [3.63, 3.8) is 0 Å². The molecule has 1 aromatic rings. The van der Waals surface area contributed by atoms with E-state index in [0.717, 1.165) is 24.3 Å². The summed E-state index contributed by atoms with van der Waals surface area (Å²) >= 11 is 0. The van der Waals surface area contributed by atoms with Crippen LogP contribution < -0.4 is 9.47 Å². The highest BCUT2D eigenvalue weighted by molar-refractivity contribution is 5.41. The van der Waals surface area contributed by atoms with Crippen LogP contribution in [-0.4, -0.2) is 23.9 Å². The molecule has 1 aliphatic rings. The maximum Gasteiger partial charge on any atom is 0.166 e. The van der Waals surface area contributed by atoms with Crippen molar-refractivity contribution in [2.75, 3.05) is 13.2 Å². The molecule has 0 aliphatic carbocycles. The molecule has 1 atom stereocenters. The van der Waals surface area contributed by atoms with E-state index in [1.807, 2.05) is 24.3 Å². The van der Waals surface area contributed by atoms with Gasteiger partial charge in [-0.05, 0) is 25.0 Å². The van der Waals surface area contributed by atoms with Crippen LogP contribution in [0.5, 0.6) is 11.5 Å². The molecule has 0 aromatic heterocycles. The average Bonchev–Trinajstić information content (AvgIpc) is 2.47. The number of hydrogen-bond donors (Lipinski definition) is 1. The lowest BCUT2D eigenvalue weighted by molar-refractivity contribution is -0.0542. The van der Waals surface area contributed by atoms with E-state index in [0.29, 0.717) is 6.61 Å². The lowest BCUT2D eigenvalue weighted by Gasteiger charge is -2.37. The number of rotatable bonds is 7. The van der Waals surface area contributed by atoms with Crippen LogP contribution in [0.2, 0.25) is 0 Å². The lowest BCUT2D eigenvalue weighted by Crippen LogP contribution is -2.48. The monoisotopic (exact) mass is 264 g/mol. The van der Waals surface area contributed by atoms with Gasteiger partial charge in [0, 0.05) is 0 Å². The molecule has 2 rings (SSSR count). The Morgan fingerprint density at radius 2 is 1.84 bits per heavy atom. The molecule has 19 heavy (non-hydrogen) atoms. The van der Waals surface area contributed by atoms with Crippen LogP contribution in [0.25, 0.3) is 0 Å². The number of fused-ring (bicyclic) bond motifs is 1. The number of ether oxygens (including phenoxy) is 2. The molecule has 0 spiro atoms. The molecule has 0 saturated carbocycles. The van der Waals surface area contributed by atoms with Crippen LogP contribution in [0.1, 0.15) is 45.4 Å². The van der Waals surface area contributed by atoms with E-state index in [2.05, 4.69) is 6.92 Å².